The van der Waals surface area contributed by atoms with Crippen LogP contribution in [0, 0.1) is 10.8 Å². The maximum absolute atomic E-state index is 9.78. The Balaban J connectivity index is 1.39. The first-order valence-electron chi connectivity index (χ1n) is 10.8. The third kappa shape index (κ3) is 4.55. The number of piperidine rings is 1. The molecular formula is C24H25N7OS. The van der Waals surface area contributed by atoms with Crippen LogP contribution >= 0.6 is 11.8 Å². The van der Waals surface area contributed by atoms with Gasteiger partial charge in [0, 0.05) is 53.9 Å². The predicted octanol–water partition coefficient (Wildman–Crippen LogP) is 3.45. The number of nitrogens with zero attached hydrogens (tertiary/aromatic N) is 5. The molecular weight excluding hydrogens is 434 g/mol. The van der Waals surface area contributed by atoms with Gasteiger partial charge in [-0.2, -0.15) is 5.10 Å². The Kier molecular flexibility index (Phi) is 5.74. The molecule has 3 N–H and O–H groups in total. The number of nitrogens with one attached hydrogen (secondary N) is 2. The first-order valence-corrected chi connectivity index (χ1v) is 11.6. The molecule has 0 bridgehead atoms. The van der Waals surface area contributed by atoms with Crippen molar-refractivity contribution in [1.82, 2.24) is 19.3 Å². The molecule has 33 heavy (non-hydrogen) atoms. The van der Waals surface area contributed by atoms with Gasteiger partial charge in [0.1, 0.15) is 5.49 Å². The van der Waals surface area contributed by atoms with Crippen molar-refractivity contribution in [2.75, 3.05) is 18.0 Å². The van der Waals surface area contributed by atoms with Gasteiger partial charge in [-0.25, -0.2) is 0 Å². The van der Waals surface area contributed by atoms with E-state index in [2.05, 4.69) is 21.0 Å². The van der Waals surface area contributed by atoms with Crippen molar-refractivity contribution in [3.63, 3.8) is 0 Å². The van der Waals surface area contributed by atoms with Crippen LogP contribution in [-0.4, -0.2) is 48.8 Å². The van der Waals surface area contributed by atoms with Gasteiger partial charge in [-0.05, 0) is 49.2 Å². The second-order valence-corrected chi connectivity index (χ2v) is 9.31. The molecule has 4 heterocycles. The summed E-state index contributed by atoms with van der Waals surface area (Å²) in [5.41, 5.74) is 4.05. The largest absolute Gasteiger partial charge is 0.393 e. The third-order valence-electron chi connectivity index (χ3n) is 5.89. The second-order valence-electron chi connectivity index (χ2n) is 8.25. The fraction of sp³-hybridized carbons (Fsp3) is 0.250. The van der Waals surface area contributed by atoms with Crippen LogP contribution in [0.15, 0.2) is 66.1 Å². The van der Waals surface area contributed by atoms with Gasteiger partial charge in [0.15, 0.2) is 5.17 Å². The molecule has 1 aliphatic heterocycles. The van der Waals surface area contributed by atoms with E-state index < -0.39 is 0 Å². The van der Waals surface area contributed by atoms with E-state index in [4.69, 9.17) is 10.8 Å². The number of aliphatic hydroxyl groups excluding tert-OH is 1. The van der Waals surface area contributed by atoms with Gasteiger partial charge in [-0.15, -0.1) is 0 Å². The Morgan fingerprint density at radius 3 is 2.64 bits per heavy atom. The van der Waals surface area contributed by atoms with Crippen molar-refractivity contribution in [1.29, 1.82) is 10.8 Å². The lowest BCUT2D eigenvalue weighted by Gasteiger charge is -2.31. The van der Waals surface area contributed by atoms with Gasteiger partial charge in [0.25, 0.3) is 0 Å². The summed E-state index contributed by atoms with van der Waals surface area (Å²) >= 11 is 1.31. The van der Waals surface area contributed by atoms with E-state index in [1.807, 2.05) is 43.7 Å². The second kappa shape index (κ2) is 8.84. The Morgan fingerprint density at radius 1 is 1.06 bits per heavy atom. The number of aliphatic hydroxyl groups is 1. The minimum atomic E-state index is -0.209. The van der Waals surface area contributed by atoms with Gasteiger partial charge in [0.2, 0.25) is 0 Å². The highest BCUT2D eigenvalue weighted by Crippen LogP contribution is 2.28. The summed E-state index contributed by atoms with van der Waals surface area (Å²) in [5, 5.41) is 32.2. The number of rotatable bonds is 3. The molecule has 0 saturated carbocycles. The highest BCUT2D eigenvalue weighted by atomic mass is 32.2. The number of pyridine rings is 2. The summed E-state index contributed by atoms with van der Waals surface area (Å²) < 4.78 is 3.31. The minimum Gasteiger partial charge on any atom is -0.393 e. The van der Waals surface area contributed by atoms with Crippen molar-refractivity contribution in [3.05, 3.63) is 66.7 Å². The van der Waals surface area contributed by atoms with Crippen molar-refractivity contribution >= 4 is 33.5 Å². The number of hydrogen-bond acceptors (Lipinski definition) is 7. The van der Waals surface area contributed by atoms with Gasteiger partial charge >= 0.3 is 0 Å². The first-order chi connectivity index (χ1) is 16.0. The van der Waals surface area contributed by atoms with E-state index in [9.17, 15) is 5.11 Å². The lowest BCUT2D eigenvalue weighted by atomic mass is 10.1. The van der Waals surface area contributed by atoms with Crippen molar-refractivity contribution in [2.45, 2.75) is 23.8 Å². The van der Waals surface area contributed by atoms with Crippen molar-refractivity contribution in [3.8, 4) is 11.1 Å². The summed E-state index contributed by atoms with van der Waals surface area (Å²) in [6.07, 6.45) is 8.72. The number of fused-ring (bicyclic) bond motifs is 1. The molecule has 0 amide bonds. The topological polar surface area (TPSA) is 107 Å². The predicted molar refractivity (Wildman–Crippen MR) is 131 cm³/mol. The van der Waals surface area contributed by atoms with Crippen LogP contribution < -0.4 is 10.4 Å². The van der Waals surface area contributed by atoms with E-state index in [0.717, 1.165) is 58.5 Å². The summed E-state index contributed by atoms with van der Waals surface area (Å²) in [6, 6.07) is 11.7. The summed E-state index contributed by atoms with van der Waals surface area (Å²) in [4.78, 5) is 7.78. The number of anilines is 1. The lowest BCUT2D eigenvalue weighted by Crippen LogP contribution is -2.35. The van der Waals surface area contributed by atoms with Gasteiger partial charge in [0.05, 0.1) is 29.7 Å². The molecule has 9 heteroatoms. The molecule has 1 saturated heterocycles. The van der Waals surface area contributed by atoms with Crippen LogP contribution in [0.5, 0.6) is 0 Å². The van der Waals surface area contributed by atoms with Gasteiger partial charge in [-0.1, -0.05) is 11.8 Å². The lowest BCUT2D eigenvalue weighted by molar-refractivity contribution is 0.145. The SMILES string of the molecule is Cn1cc(-c2ccc(=N)n(C(=N)Sc3ccc4ncc(N5CCC(O)CC5)cc4c3)c2)cn1. The number of benzene rings is 1. The zero-order valence-electron chi connectivity index (χ0n) is 18.3. The molecule has 1 fully saturated rings. The standard InChI is InChI=1S/C24H25N7OS/c1-29-14-18(12-28-29)16-2-5-23(25)31(15-16)24(26)33-21-3-4-22-17(11-21)10-19(13-27-22)30-8-6-20(32)7-9-30/h2-5,10-15,20,25-26,32H,6-9H2,1H3. The molecule has 4 aromatic rings. The highest BCUT2D eigenvalue weighted by Gasteiger charge is 2.18. The Morgan fingerprint density at radius 2 is 1.88 bits per heavy atom. The fourth-order valence-electron chi connectivity index (χ4n) is 4.03. The summed E-state index contributed by atoms with van der Waals surface area (Å²) in [7, 11) is 1.86. The minimum absolute atomic E-state index is 0.209. The molecule has 5 rings (SSSR count). The quantitative estimate of drug-likeness (QED) is 0.247. The zero-order chi connectivity index (χ0) is 22.9. The number of aromatic nitrogens is 4. The molecule has 0 radical (unpaired) electrons. The highest BCUT2D eigenvalue weighted by molar-refractivity contribution is 8.13. The van der Waals surface area contributed by atoms with Crippen LogP contribution in [-0.2, 0) is 7.05 Å². The molecule has 0 spiro atoms. The Bertz CT molecular complexity index is 1390. The van der Waals surface area contributed by atoms with Crippen LogP contribution in [0.2, 0.25) is 0 Å². The molecule has 8 nitrogen and oxygen atoms in total. The molecule has 168 valence electrons. The monoisotopic (exact) mass is 459 g/mol. The van der Waals surface area contributed by atoms with E-state index >= 15 is 0 Å². The molecule has 1 aromatic carbocycles. The number of thioether (sulfide) groups is 1. The maximum atomic E-state index is 9.78. The van der Waals surface area contributed by atoms with E-state index in [0.29, 0.717) is 0 Å². The average molecular weight is 460 g/mol. The molecule has 3 aromatic heterocycles. The van der Waals surface area contributed by atoms with Crippen LogP contribution in [0.1, 0.15) is 12.8 Å². The fourth-order valence-corrected chi connectivity index (χ4v) is 4.82. The molecule has 0 aliphatic carbocycles. The molecule has 0 atom stereocenters. The van der Waals surface area contributed by atoms with E-state index in [1.165, 1.54) is 11.8 Å². The van der Waals surface area contributed by atoms with Crippen LogP contribution in [0.4, 0.5) is 5.69 Å². The maximum Gasteiger partial charge on any atom is 0.171 e. The van der Waals surface area contributed by atoms with Crippen LogP contribution in [0.3, 0.4) is 0 Å². The Hall–Kier alpha value is -3.43. The average Bonchev–Trinajstić information content (AvgIpc) is 3.25. The van der Waals surface area contributed by atoms with E-state index in [-0.39, 0.29) is 16.8 Å². The Labute approximate surface area is 195 Å². The normalized spacial score (nSPS) is 14.7. The van der Waals surface area contributed by atoms with Gasteiger partial charge < -0.3 is 10.0 Å². The number of hydrogen-bond donors (Lipinski definition) is 3. The first kappa shape index (κ1) is 21.4. The van der Waals surface area contributed by atoms with E-state index in [1.54, 1.807) is 27.7 Å². The zero-order valence-corrected chi connectivity index (χ0v) is 19.1. The smallest absolute Gasteiger partial charge is 0.171 e. The summed E-state index contributed by atoms with van der Waals surface area (Å²) in [5.74, 6) is 0. The number of aryl methyl sites for hydroxylation is 1. The van der Waals surface area contributed by atoms with Crippen LogP contribution in [0.25, 0.3) is 22.0 Å². The summed E-state index contributed by atoms with van der Waals surface area (Å²) in [6.45, 7) is 1.65. The molecule has 1 aliphatic rings. The van der Waals surface area contributed by atoms with Crippen molar-refractivity contribution < 1.29 is 5.11 Å². The van der Waals surface area contributed by atoms with Gasteiger partial charge in [-0.3, -0.25) is 25.1 Å². The molecule has 0 unspecified atom stereocenters. The van der Waals surface area contributed by atoms with Crippen molar-refractivity contribution in [2.24, 2.45) is 7.05 Å². The third-order valence-corrected chi connectivity index (χ3v) is 6.77.